The number of hydrogen-bond donors (Lipinski definition) is 0. The van der Waals surface area contributed by atoms with E-state index in [1.54, 1.807) is 6.92 Å². The lowest BCUT2D eigenvalue weighted by Crippen LogP contribution is -2.44. The van der Waals surface area contributed by atoms with Gasteiger partial charge >= 0.3 is 0 Å². The number of carbonyl (C=O) groups excluding carboxylic acids is 1. The maximum Gasteiger partial charge on any atom is 0.248 e. The molecule has 0 aliphatic heterocycles. The Morgan fingerprint density at radius 1 is 1.38 bits per heavy atom. The van der Waals surface area contributed by atoms with Gasteiger partial charge in [0.15, 0.2) is 8.32 Å². The van der Waals surface area contributed by atoms with Crippen molar-refractivity contribution >= 4 is 25.2 Å². The van der Waals surface area contributed by atoms with Crippen molar-refractivity contribution in [1.29, 1.82) is 0 Å². The summed E-state index contributed by atoms with van der Waals surface area (Å²) in [7, 11) is -1.84. The highest BCUT2D eigenvalue weighted by atomic mass is 35.5. The van der Waals surface area contributed by atoms with Crippen molar-refractivity contribution in [3.05, 3.63) is 0 Å². The van der Waals surface area contributed by atoms with Crippen LogP contribution >= 0.6 is 11.6 Å². The normalized spacial score (nSPS) is 15.6. The summed E-state index contributed by atoms with van der Waals surface area (Å²) in [6.45, 7) is 12.3. The fraction of sp³-hybridized carbons (Fsp3) is 0.889. The number of carbonyl (C=O) groups is 1. The standard InChI is InChI=1S/C9H19ClO2Si/c1-7(8(10)11)12-13(5,6)9(2,3)4/h7H,1-6H3. The zero-order valence-electron chi connectivity index (χ0n) is 9.27. The highest BCUT2D eigenvalue weighted by Gasteiger charge is 2.39. The molecule has 0 spiro atoms. The van der Waals surface area contributed by atoms with Crippen LogP contribution in [0.15, 0.2) is 0 Å². The third-order valence-electron chi connectivity index (χ3n) is 2.60. The summed E-state index contributed by atoms with van der Waals surface area (Å²) in [6, 6.07) is 0. The third kappa shape index (κ3) is 3.79. The molecule has 0 rings (SSSR count). The minimum Gasteiger partial charge on any atom is -0.406 e. The zero-order valence-corrected chi connectivity index (χ0v) is 11.0. The van der Waals surface area contributed by atoms with Crippen LogP contribution in [0.2, 0.25) is 18.1 Å². The number of hydrogen-bond acceptors (Lipinski definition) is 2. The van der Waals surface area contributed by atoms with Crippen molar-refractivity contribution < 1.29 is 9.22 Å². The molecule has 1 atom stereocenters. The Hall–Kier alpha value is 0.137. The minimum absolute atomic E-state index is 0.119. The van der Waals surface area contributed by atoms with Crippen molar-refractivity contribution in [3.8, 4) is 0 Å². The molecular weight excluding hydrogens is 204 g/mol. The third-order valence-corrected chi connectivity index (χ3v) is 7.46. The van der Waals surface area contributed by atoms with Crippen LogP contribution in [0.3, 0.4) is 0 Å². The molecule has 0 aliphatic rings. The van der Waals surface area contributed by atoms with Crippen LogP contribution < -0.4 is 0 Å². The molecule has 13 heavy (non-hydrogen) atoms. The van der Waals surface area contributed by atoms with E-state index in [2.05, 4.69) is 33.9 Å². The van der Waals surface area contributed by atoms with E-state index in [0.29, 0.717) is 0 Å². The van der Waals surface area contributed by atoms with Crippen LogP contribution in [0.4, 0.5) is 0 Å². The Morgan fingerprint density at radius 2 is 1.77 bits per heavy atom. The van der Waals surface area contributed by atoms with Gasteiger partial charge in [0.05, 0.1) is 0 Å². The van der Waals surface area contributed by atoms with Gasteiger partial charge in [-0.3, -0.25) is 4.79 Å². The molecule has 0 aromatic carbocycles. The van der Waals surface area contributed by atoms with E-state index in [9.17, 15) is 4.79 Å². The summed E-state index contributed by atoms with van der Waals surface area (Å²) < 4.78 is 5.72. The van der Waals surface area contributed by atoms with E-state index in [4.69, 9.17) is 16.0 Å². The first-order valence-electron chi connectivity index (χ1n) is 4.45. The second kappa shape index (κ2) is 4.11. The summed E-state index contributed by atoms with van der Waals surface area (Å²) in [5.74, 6) is 0. The molecule has 2 nitrogen and oxygen atoms in total. The molecule has 0 heterocycles. The van der Waals surface area contributed by atoms with Crippen LogP contribution in [-0.4, -0.2) is 19.7 Å². The molecule has 0 bridgehead atoms. The van der Waals surface area contributed by atoms with Gasteiger partial charge in [0.1, 0.15) is 6.10 Å². The first kappa shape index (κ1) is 13.1. The van der Waals surface area contributed by atoms with Gasteiger partial charge in [-0.1, -0.05) is 20.8 Å². The van der Waals surface area contributed by atoms with Crippen LogP contribution in [0, 0.1) is 0 Å². The monoisotopic (exact) mass is 222 g/mol. The van der Waals surface area contributed by atoms with Gasteiger partial charge in [-0.25, -0.2) is 0 Å². The van der Waals surface area contributed by atoms with E-state index >= 15 is 0 Å². The van der Waals surface area contributed by atoms with Crippen LogP contribution in [0.1, 0.15) is 27.7 Å². The van der Waals surface area contributed by atoms with Crippen LogP contribution in [0.5, 0.6) is 0 Å². The molecule has 4 heteroatoms. The van der Waals surface area contributed by atoms with Gasteiger partial charge in [0, 0.05) is 0 Å². The molecule has 0 amide bonds. The first-order valence-corrected chi connectivity index (χ1v) is 7.74. The molecule has 0 saturated carbocycles. The number of halogens is 1. The fourth-order valence-electron chi connectivity index (χ4n) is 0.665. The van der Waals surface area contributed by atoms with Gasteiger partial charge in [0.25, 0.3) is 0 Å². The Balaban J connectivity index is 4.43. The molecule has 1 unspecified atom stereocenters. The average molecular weight is 223 g/mol. The zero-order chi connectivity index (χ0) is 10.9. The summed E-state index contributed by atoms with van der Waals surface area (Å²) in [5, 5.41) is -0.294. The molecule has 0 radical (unpaired) electrons. The average Bonchev–Trinajstić information content (AvgIpc) is 1.83. The smallest absolute Gasteiger partial charge is 0.248 e. The molecule has 0 aromatic rings. The summed E-state index contributed by atoms with van der Waals surface area (Å²) >= 11 is 5.34. The molecule has 0 aliphatic carbocycles. The molecule has 0 saturated heterocycles. The molecule has 78 valence electrons. The summed E-state index contributed by atoms with van der Waals surface area (Å²) in [4.78, 5) is 10.8. The minimum atomic E-state index is -1.84. The van der Waals surface area contributed by atoms with Gasteiger partial charge < -0.3 is 4.43 Å². The SMILES string of the molecule is CC(O[Si](C)(C)C(C)(C)C)C(=O)Cl. The van der Waals surface area contributed by atoms with Gasteiger partial charge in [-0.05, 0) is 36.7 Å². The van der Waals surface area contributed by atoms with Crippen molar-refractivity contribution in [3.63, 3.8) is 0 Å². The largest absolute Gasteiger partial charge is 0.406 e. The van der Waals surface area contributed by atoms with Crippen molar-refractivity contribution in [2.75, 3.05) is 0 Å². The lowest BCUT2D eigenvalue weighted by Gasteiger charge is -2.37. The van der Waals surface area contributed by atoms with Crippen molar-refractivity contribution in [1.82, 2.24) is 0 Å². The Morgan fingerprint density at radius 3 is 2.00 bits per heavy atom. The first-order chi connectivity index (χ1) is 5.58. The van der Waals surface area contributed by atoms with E-state index < -0.39 is 19.7 Å². The van der Waals surface area contributed by atoms with E-state index in [-0.39, 0.29) is 5.04 Å². The van der Waals surface area contributed by atoms with Gasteiger partial charge in [0.2, 0.25) is 5.24 Å². The molecule has 0 N–H and O–H groups in total. The lowest BCUT2D eigenvalue weighted by molar-refractivity contribution is -0.117. The highest BCUT2D eigenvalue weighted by molar-refractivity contribution is 6.74. The predicted molar refractivity (Wildman–Crippen MR) is 58.6 cm³/mol. The second-order valence-electron chi connectivity index (χ2n) is 4.82. The quantitative estimate of drug-likeness (QED) is 0.542. The van der Waals surface area contributed by atoms with Crippen LogP contribution in [-0.2, 0) is 9.22 Å². The van der Waals surface area contributed by atoms with Crippen molar-refractivity contribution in [2.24, 2.45) is 0 Å². The highest BCUT2D eigenvalue weighted by Crippen LogP contribution is 2.37. The van der Waals surface area contributed by atoms with Gasteiger partial charge in [-0.2, -0.15) is 0 Å². The number of rotatable bonds is 3. The summed E-state index contributed by atoms with van der Waals surface area (Å²) in [5.41, 5.74) is 0. The topological polar surface area (TPSA) is 26.3 Å². The predicted octanol–water partition coefficient (Wildman–Crippen LogP) is 3.16. The lowest BCUT2D eigenvalue weighted by atomic mass is 10.2. The van der Waals surface area contributed by atoms with Gasteiger partial charge in [-0.15, -0.1) is 0 Å². The maximum absolute atomic E-state index is 10.8. The van der Waals surface area contributed by atoms with E-state index in [1.807, 2.05) is 0 Å². The second-order valence-corrected chi connectivity index (χ2v) is 9.95. The fourth-order valence-corrected chi connectivity index (χ4v) is 2.13. The summed E-state index contributed by atoms with van der Waals surface area (Å²) in [6.07, 6.45) is -0.484. The molecule has 0 aromatic heterocycles. The van der Waals surface area contributed by atoms with E-state index in [0.717, 1.165) is 0 Å². The Bertz CT molecular complexity index is 196. The van der Waals surface area contributed by atoms with Crippen LogP contribution in [0.25, 0.3) is 0 Å². The van der Waals surface area contributed by atoms with Crippen molar-refractivity contribution in [2.45, 2.75) is 51.9 Å². The maximum atomic E-state index is 10.8. The molecule has 0 fully saturated rings. The Labute approximate surface area is 86.7 Å². The Kier molecular flexibility index (Phi) is 4.15. The van der Waals surface area contributed by atoms with E-state index in [1.165, 1.54) is 0 Å². The molecular formula is C9H19ClO2Si.